The van der Waals surface area contributed by atoms with E-state index in [1.54, 1.807) is 36.1 Å². The van der Waals surface area contributed by atoms with Crippen LogP contribution < -0.4 is 11.3 Å². The molecule has 1 aromatic carbocycles. The van der Waals surface area contributed by atoms with Crippen LogP contribution in [0.4, 0.5) is 4.39 Å². The molecule has 3 N–H and O–H groups in total. The van der Waals surface area contributed by atoms with Gasteiger partial charge in [0.05, 0.1) is 17.9 Å². The summed E-state index contributed by atoms with van der Waals surface area (Å²) in [4.78, 5) is 0. The van der Waals surface area contributed by atoms with Gasteiger partial charge in [0.15, 0.2) is 0 Å². The molecule has 5 nitrogen and oxygen atoms in total. The number of rotatable bonds is 4. The Hall–Kier alpha value is -1.79. The van der Waals surface area contributed by atoms with Gasteiger partial charge in [0.2, 0.25) is 0 Å². The topological polar surface area (TPSA) is 68.8 Å². The van der Waals surface area contributed by atoms with Crippen molar-refractivity contribution in [3.63, 3.8) is 0 Å². The summed E-state index contributed by atoms with van der Waals surface area (Å²) in [6.07, 6.45) is 2.07. The quantitative estimate of drug-likeness (QED) is 0.604. The van der Waals surface area contributed by atoms with Gasteiger partial charge in [0.1, 0.15) is 5.82 Å². The molecule has 0 fully saturated rings. The van der Waals surface area contributed by atoms with Gasteiger partial charge in [-0.25, -0.2) is 4.39 Å². The molecule has 0 saturated carbocycles. The Morgan fingerprint density at radius 3 is 2.82 bits per heavy atom. The predicted molar refractivity (Wildman–Crippen MR) is 61.2 cm³/mol. The molecule has 0 aliphatic carbocycles. The van der Waals surface area contributed by atoms with Crippen LogP contribution in [0.3, 0.4) is 0 Å². The average molecular weight is 235 g/mol. The van der Waals surface area contributed by atoms with Crippen molar-refractivity contribution in [1.29, 1.82) is 0 Å². The van der Waals surface area contributed by atoms with Gasteiger partial charge in [-0.15, -0.1) is 5.10 Å². The number of hydrazine groups is 1. The highest BCUT2D eigenvalue weighted by Gasteiger charge is 2.16. The number of nitrogens with two attached hydrogens (primary N) is 1. The fraction of sp³-hybridized carbons (Fsp3) is 0.273. The highest BCUT2D eigenvalue weighted by molar-refractivity contribution is 5.20. The van der Waals surface area contributed by atoms with Gasteiger partial charge in [-0.05, 0) is 18.1 Å². The highest BCUT2D eigenvalue weighted by atomic mass is 19.1. The molecule has 0 spiro atoms. The average Bonchev–Trinajstić information content (AvgIpc) is 2.75. The lowest BCUT2D eigenvalue weighted by Gasteiger charge is -2.15. The van der Waals surface area contributed by atoms with Crippen molar-refractivity contribution in [3.05, 3.63) is 47.5 Å². The zero-order valence-corrected chi connectivity index (χ0v) is 9.47. The smallest absolute Gasteiger partial charge is 0.126 e. The predicted octanol–water partition coefficient (Wildman–Crippen LogP) is 0.701. The third-order valence-electron chi connectivity index (χ3n) is 2.69. The first-order chi connectivity index (χ1) is 8.22. The van der Waals surface area contributed by atoms with E-state index < -0.39 is 0 Å². The van der Waals surface area contributed by atoms with Crippen LogP contribution in [-0.2, 0) is 13.5 Å². The molecule has 0 radical (unpaired) electrons. The van der Waals surface area contributed by atoms with E-state index >= 15 is 0 Å². The maximum absolute atomic E-state index is 13.5. The standard InChI is InChI=1S/C11H14FN5/c1-17-11(7-14-16-17)10(15-13)6-8-4-2-3-5-9(8)12/h2-5,7,10,15H,6,13H2,1H3. The molecule has 17 heavy (non-hydrogen) atoms. The third kappa shape index (κ3) is 2.48. The molecule has 1 unspecified atom stereocenters. The summed E-state index contributed by atoms with van der Waals surface area (Å²) in [6.45, 7) is 0. The fourth-order valence-corrected chi connectivity index (χ4v) is 1.75. The number of benzene rings is 1. The highest BCUT2D eigenvalue weighted by Crippen LogP contribution is 2.18. The van der Waals surface area contributed by atoms with Crippen LogP contribution in [-0.4, -0.2) is 15.0 Å². The van der Waals surface area contributed by atoms with E-state index in [1.165, 1.54) is 6.07 Å². The molecule has 1 aromatic heterocycles. The molecule has 0 saturated heterocycles. The zero-order valence-electron chi connectivity index (χ0n) is 9.47. The Morgan fingerprint density at radius 2 is 2.24 bits per heavy atom. The van der Waals surface area contributed by atoms with Gasteiger partial charge in [0, 0.05) is 7.05 Å². The lowest BCUT2D eigenvalue weighted by Crippen LogP contribution is -2.31. The van der Waals surface area contributed by atoms with E-state index in [1.807, 2.05) is 0 Å². The number of hydrogen-bond acceptors (Lipinski definition) is 4. The van der Waals surface area contributed by atoms with Crippen LogP contribution in [0.1, 0.15) is 17.3 Å². The summed E-state index contributed by atoms with van der Waals surface area (Å²) in [5.74, 6) is 5.26. The van der Waals surface area contributed by atoms with Crippen molar-refractivity contribution in [1.82, 2.24) is 20.4 Å². The lowest BCUT2D eigenvalue weighted by molar-refractivity contribution is 0.494. The van der Waals surface area contributed by atoms with E-state index in [-0.39, 0.29) is 11.9 Å². The number of nitrogens with one attached hydrogen (secondary N) is 1. The van der Waals surface area contributed by atoms with E-state index in [9.17, 15) is 4.39 Å². The first kappa shape index (κ1) is 11.7. The SMILES string of the molecule is Cn1nncc1C(Cc1ccccc1F)NN. The molecule has 0 bridgehead atoms. The molecule has 6 heteroatoms. The van der Waals surface area contributed by atoms with Crippen LogP contribution in [0, 0.1) is 5.82 Å². The Labute approximate surface area is 98.4 Å². The third-order valence-corrected chi connectivity index (χ3v) is 2.69. The lowest BCUT2D eigenvalue weighted by atomic mass is 10.0. The molecule has 2 rings (SSSR count). The summed E-state index contributed by atoms with van der Waals surface area (Å²) in [5.41, 5.74) is 4.08. The molecule has 0 aliphatic heterocycles. The van der Waals surface area contributed by atoms with Crippen molar-refractivity contribution in [2.75, 3.05) is 0 Å². The fourth-order valence-electron chi connectivity index (χ4n) is 1.75. The molecule has 0 aliphatic rings. The minimum absolute atomic E-state index is 0.216. The number of nitrogens with zero attached hydrogens (tertiary/aromatic N) is 3. The van der Waals surface area contributed by atoms with Gasteiger partial charge in [-0.2, -0.15) is 0 Å². The molecule has 90 valence electrons. The van der Waals surface area contributed by atoms with Gasteiger partial charge < -0.3 is 0 Å². The van der Waals surface area contributed by atoms with Crippen molar-refractivity contribution in [2.45, 2.75) is 12.5 Å². The van der Waals surface area contributed by atoms with E-state index in [0.717, 1.165) is 5.69 Å². The van der Waals surface area contributed by atoms with Gasteiger partial charge in [-0.3, -0.25) is 16.0 Å². The Balaban J connectivity index is 2.22. The van der Waals surface area contributed by atoms with Gasteiger partial charge in [0.25, 0.3) is 0 Å². The Kier molecular flexibility index (Phi) is 3.46. The first-order valence-corrected chi connectivity index (χ1v) is 5.26. The van der Waals surface area contributed by atoms with Crippen LogP contribution in [0.15, 0.2) is 30.5 Å². The van der Waals surface area contributed by atoms with Crippen molar-refractivity contribution in [3.8, 4) is 0 Å². The molecule has 0 amide bonds. The van der Waals surface area contributed by atoms with E-state index in [0.29, 0.717) is 12.0 Å². The number of aromatic nitrogens is 3. The minimum Gasteiger partial charge on any atom is -0.271 e. The van der Waals surface area contributed by atoms with Crippen LogP contribution in [0.2, 0.25) is 0 Å². The maximum atomic E-state index is 13.5. The number of hydrogen-bond donors (Lipinski definition) is 2. The normalized spacial score (nSPS) is 12.6. The zero-order chi connectivity index (χ0) is 12.3. The maximum Gasteiger partial charge on any atom is 0.126 e. The summed E-state index contributed by atoms with van der Waals surface area (Å²) in [5, 5.41) is 7.61. The van der Waals surface area contributed by atoms with Gasteiger partial charge >= 0.3 is 0 Å². The summed E-state index contributed by atoms with van der Waals surface area (Å²) in [7, 11) is 1.77. The van der Waals surface area contributed by atoms with E-state index in [2.05, 4.69) is 15.7 Å². The molecular weight excluding hydrogens is 221 g/mol. The largest absolute Gasteiger partial charge is 0.271 e. The summed E-state index contributed by atoms with van der Waals surface area (Å²) in [6, 6.07) is 6.42. The number of aryl methyl sites for hydroxylation is 1. The molecular formula is C11H14FN5. The number of halogens is 1. The van der Waals surface area contributed by atoms with Gasteiger partial charge in [-0.1, -0.05) is 23.4 Å². The van der Waals surface area contributed by atoms with Crippen molar-refractivity contribution >= 4 is 0 Å². The summed E-state index contributed by atoms with van der Waals surface area (Å²) >= 11 is 0. The Bertz CT molecular complexity index is 496. The first-order valence-electron chi connectivity index (χ1n) is 5.26. The monoisotopic (exact) mass is 235 g/mol. The second-order valence-electron chi connectivity index (χ2n) is 3.80. The van der Waals surface area contributed by atoms with Crippen LogP contribution in [0.25, 0.3) is 0 Å². The summed E-state index contributed by atoms with van der Waals surface area (Å²) < 4.78 is 15.1. The van der Waals surface area contributed by atoms with Crippen LogP contribution >= 0.6 is 0 Å². The molecule has 1 heterocycles. The van der Waals surface area contributed by atoms with Crippen molar-refractivity contribution in [2.24, 2.45) is 12.9 Å². The Morgan fingerprint density at radius 1 is 1.47 bits per heavy atom. The van der Waals surface area contributed by atoms with E-state index in [4.69, 9.17) is 5.84 Å². The minimum atomic E-state index is -0.233. The van der Waals surface area contributed by atoms with Crippen LogP contribution in [0.5, 0.6) is 0 Å². The molecule has 2 aromatic rings. The van der Waals surface area contributed by atoms with Crippen molar-refractivity contribution < 1.29 is 4.39 Å². The second-order valence-corrected chi connectivity index (χ2v) is 3.80. The molecule has 1 atom stereocenters. The second kappa shape index (κ2) is 5.03.